The molecule has 0 fully saturated rings. The Bertz CT molecular complexity index is 728. The van der Waals surface area contributed by atoms with Gasteiger partial charge in [-0.2, -0.15) is 5.10 Å². The third kappa shape index (κ3) is 3.48. The quantitative estimate of drug-likeness (QED) is 0.757. The van der Waals surface area contributed by atoms with Crippen LogP contribution in [0.1, 0.15) is 22.2 Å². The fourth-order valence-electron chi connectivity index (χ4n) is 2.47. The first-order valence-electron chi connectivity index (χ1n) is 7.73. The smallest absolute Gasteiger partial charge is 0.251 e. The molecule has 1 unspecified atom stereocenters. The van der Waals surface area contributed by atoms with Crippen molar-refractivity contribution >= 4 is 11.6 Å². The van der Waals surface area contributed by atoms with E-state index in [1.165, 1.54) is 0 Å². The summed E-state index contributed by atoms with van der Waals surface area (Å²) in [5.41, 5.74) is 1.68. The van der Waals surface area contributed by atoms with Crippen molar-refractivity contribution in [3.63, 3.8) is 0 Å². The Morgan fingerprint density at radius 2 is 2.04 bits per heavy atom. The third-order valence-electron chi connectivity index (χ3n) is 3.82. The van der Waals surface area contributed by atoms with Crippen molar-refractivity contribution in [2.24, 2.45) is 0 Å². The number of hydrogen-bond acceptors (Lipinski definition) is 4. The van der Waals surface area contributed by atoms with Crippen LogP contribution in [-0.4, -0.2) is 36.3 Å². The van der Waals surface area contributed by atoms with Gasteiger partial charge in [-0.05, 0) is 42.5 Å². The van der Waals surface area contributed by atoms with Crippen LogP contribution in [-0.2, 0) is 0 Å². The summed E-state index contributed by atoms with van der Waals surface area (Å²) in [6.07, 6.45) is 5.18. The zero-order valence-corrected chi connectivity index (χ0v) is 13.7. The van der Waals surface area contributed by atoms with Gasteiger partial charge in [0.2, 0.25) is 0 Å². The number of benzene rings is 1. The van der Waals surface area contributed by atoms with Crippen molar-refractivity contribution < 1.29 is 9.21 Å². The van der Waals surface area contributed by atoms with Crippen molar-refractivity contribution in [3.8, 4) is 0 Å². The van der Waals surface area contributed by atoms with E-state index in [-0.39, 0.29) is 11.9 Å². The van der Waals surface area contributed by atoms with Crippen LogP contribution in [0.25, 0.3) is 0 Å². The summed E-state index contributed by atoms with van der Waals surface area (Å²) in [7, 11) is 3.93. The highest BCUT2D eigenvalue weighted by molar-refractivity contribution is 5.94. The Morgan fingerprint density at radius 1 is 1.25 bits per heavy atom. The molecule has 1 atom stereocenters. The topological polar surface area (TPSA) is 63.3 Å². The molecule has 0 aliphatic rings. The molecule has 1 N–H and O–H groups in total. The molecule has 124 valence electrons. The van der Waals surface area contributed by atoms with Crippen LogP contribution in [0.3, 0.4) is 0 Å². The Kier molecular flexibility index (Phi) is 4.65. The Balaban J connectivity index is 1.69. The molecule has 0 saturated heterocycles. The largest absolute Gasteiger partial charge is 0.467 e. The van der Waals surface area contributed by atoms with Crippen molar-refractivity contribution in [3.05, 3.63) is 72.4 Å². The van der Waals surface area contributed by atoms with Crippen LogP contribution >= 0.6 is 0 Å². The van der Waals surface area contributed by atoms with Crippen molar-refractivity contribution in [2.45, 2.75) is 6.04 Å². The number of nitrogens with one attached hydrogen (secondary N) is 1. The molecule has 3 aromatic rings. The van der Waals surface area contributed by atoms with Gasteiger partial charge in [-0.3, -0.25) is 9.48 Å². The Morgan fingerprint density at radius 3 is 2.62 bits per heavy atom. The molecular formula is C18H20N4O2. The van der Waals surface area contributed by atoms with Crippen LogP contribution in [0.4, 0.5) is 5.69 Å². The molecule has 1 amide bonds. The number of amides is 1. The second-order valence-corrected chi connectivity index (χ2v) is 5.67. The van der Waals surface area contributed by atoms with E-state index >= 15 is 0 Å². The normalized spacial score (nSPS) is 11.9. The van der Waals surface area contributed by atoms with Gasteiger partial charge in [-0.15, -0.1) is 0 Å². The summed E-state index contributed by atoms with van der Waals surface area (Å²) in [4.78, 5) is 14.4. The monoisotopic (exact) mass is 324 g/mol. The van der Waals surface area contributed by atoms with Crippen LogP contribution < -0.4 is 10.2 Å². The predicted molar refractivity (Wildman–Crippen MR) is 92.2 cm³/mol. The van der Waals surface area contributed by atoms with E-state index in [1.54, 1.807) is 17.1 Å². The SMILES string of the molecule is CN(C)c1ccc(C(=O)NCC(c2ccco2)n2cccn2)cc1. The fourth-order valence-corrected chi connectivity index (χ4v) is 2.47. The van der Waals surface area contributed by atoms with E-state index in [9.17, 15) is 4.79 Å². The van der Waals surface area contributed by atoms with Crippen LogP contribution in [0.15, 0.2) is 65.5 Å². The number of hydrogen-bond donors (Lipinski definition) is 1. The molecule has 6 heteroatoms. The lowest BCUT2D eigenvalue weighted by Gasteiger charge is -2.17. The minimum atomic E-state index is -0.181. The Labute approximate surface area is 140 Å². The van der Waals surface area contributed by atoms with Crippen LogP contribution in [0, 0.1) is 0 Å². The summed E-state index contributed by atoms with van der Waals surface area (Å²) < 4.78 is 7.25. The van der Waals surface area contributed by atoms with E-state index in [2.05, 4.69) is 10.4 Å². The zero-order valence-electron chi connectivity index (χ0n) is 13.7. The van der Waals surface area contributed by atoms with E-state index in [0.29, 0.717) is 12.1 Å². The van der Waals surface area contributed by atoms with Gasteiger partial charge in [0, 0.05) is 44.3 Å². The van der Waals surface area contributed by atoms with Crippen molar-refractivity contribution in [1.82, 2.24) is 15.1 Å². The number of aromatic nitrogens is 2. The number of nitrogens with zero attached hydrogens (tertiary/aromatic N) is 3. The molecule has 0 bridgehead atoms. The van der Waals surface area contributed by atoms with Gasteiger partial charge in [-0.1, -0.05) is 0 Å². The highest BCUT2D eigenvalue weighted by Gasteiger charge is 2.18. The predicted octanol–water partition coefficient (Wildman–Crippen LogP) is 2.56. The van der Waals surface area contributed by atoms with Crippen LogP contribution in [0.2, 0.25) is 0 Å². The molecule has 6 nitrogen and oxygen atoms in total. The molecule has 1 aromatic carbocycles. The van der Waals surface area contributed by atoms with Crippen molar-refractivity contribution in [2.75, 3.05) is 25.5 Å². The zero-order chi connectivity index (χ0) is 16.9. The van der Waals surface area contributed by atoms with Crippen LogP contribution in [0.5, 0.6) is 0 Å². The Hall–Kier alpha value is -3.02. The maximum atomic E-state index is 12.4. The van der Waals surface area contributed by atoms with Crippen molar-refractivity contribution in [1.29, 1.82) is 0 Å². The average Bonchev–Trinajstić information content (AvgIpc) is 3.29. The molecule has 2 heterocycles. The third-order valence-corrected chi connectivity index (χ3v) is 3.82. The molecule has 24 heavy (non-hydrogen) atoms. The van der Waals surface area contributed by atoms with Gasteiger partial charge < -0.3 is 14.6 Å². The average molecular weight is 324 g/mol. The van der Waals surface area contributed by atoms with Gasteiger partial charge in [0.1, 0.15) is 11.8 Å². The van der Waals surface area contributed by atoms with E-state index in [4.69, 9.17) is 4.42 Å². The second-order valence-electron chi connectivity index (χ2n) is 5.67. The molecule has 0 aliphatic carbocycles. The molecule has 0 saturated carbocycles. The molecule has 2 aromatic heterocycles. The molecule has 0 radical (unpaired) electrons. The lowest BCUT2D eigenvalue weighted by Crippen LogP contribution is -2.31. The van der Waals surface area contributed by atoms with E-state index in [0.717, 1.165) is 11.4 Å². The first kappa shape index (κ1) is 15.9. The molecule has 3 rings (SSSR count). The molecular weight excluding hydrogens is 304 g/mol. The van der Waals surface area contributed by atoms with E-state index < -0.39 is 0 Å². The van der Waals surface area contributed by atoms with Gasteiger partial charge in [0.25, 0.3) is 5.91 Å². The lowest BCUT2D eigenvalue weighted by molar-refractivity contribution is 0.0948. The lowest BCUT2D eigenvalue weighted by atomic mass is 10.1. The van der Waals surface area contributed by atoms with Gasteiger partial charge in [0.05, 0.1) is 6.26 Å². The summed E-state index contributed by atoms with van der Waals surface area (Å²) >= 11 is 0. The first-order valence-corrected chi connectivity index (χ1v) is 7.73. The fraction of sp³-hybridized carbons (Fsp3) is 0.222. The number of rotatable bonds is 6. The number of anilines is 1. The maximum Gasteiger partial charge on any atom is 0.251 e. The number of carbonyl (C=O) groups is 1. The van der Waals surface area contributed by atoms with E-state index in [1.807, 2.05) is 67.7 Å². The number of furan rings is 1. The standard InChI is InChI=1S/C18H20N4O2/c1-21(2)15-8-6-14(7-9-15)18(23)19-13-16(17-5-3-12-24-17)22-11-4-10-20-22/h3-12,16H,13H2,1-2H3,(H,19,23). The minimum Gasteiger partial charge on any atom is -0.467 e. The summed E-state index contributed by atoms with van der Waals surface area (Å²) in [5.74, 6) is 0.631. The highest BCUT2D eigenvalue weighted by atomic mass is 16.3. The number of carbonyl (C=O) groups excluding carboxylic acids is 1. The molecule has 0 aliphatic heterocycles. The maximum absolute atomic E-state index is 12.4. The summed E-state index contributed by atoms with van der Waals surface area (Å²) in [6, 6.07) is 12.9. The summed E-state index contributed by atoms with van der Waals surface area (Å²) in [6.45, 7) is 0.392. The molecule has 0 spiro atoms. The van der Waals surface area contributed by atoms with Gasteiger partial charge in [0.15, 0.2) is 0 Å². The second kappa shape index (κ2) is 7.04. The van der Waals surface area contributed by atoms with Gasteiger partial charge >= 0.3 is 0 Å². The minimum absolute atomic E-state index is 0.121. The highest BCUT2D eigenvalue weighted by Crippen LogP contribution is 2.18. The first-order chi connectivity index (χ1) is 11.6. The summed E-state index contributed by atoms with van der Waals surface area (Å²) in [5, 5.41) is 7.21. The van der Waals surface area contributed by atoms with Gasteiger partial charge in [-0.25, -0.2) is 0 Å².